The van der Waals surface area contributed by atoms with E-state index >= 15 is 0 Å². The van der Waals surface area contributed by atoms with Crippen LogP contribution in [0.3, 0.4) is 0 Å². The molecule has 5 nitrogen and oxygen atoms in total. The molecular formula is C23H27FN4O. The lowest BCUT2D eigenvalue weighted by molar-refractivity contribution is 0.227. The van der Waals surface area contributed by atoms with Crippen LogP contribution in [-0.2, 0) is 0 Å². The zero-order valence-corrected chi connectivity index (χ0v) is 16.5. The Bertz CT molecular complexity index is 873. The number of aliphatic hydroxyl groups excluding tert-OH is 1. The Morgan fingerprint density at radius 1 is 1.14 bits per heavy atom. The number of hydrogen-bond acceptors (Lipinski definition) is 5. The molecule has 152 valence electrons. The van der Waals surface area contributed by atoms with Crippen LogP contribution in [0.5, 0.6) is 0 Å². The average Bonchev–Trinajstić information content (AvgIpc) is 2.79. The number of aromatic nitrogens is 2. The third-order valence-electron chi connectivity index (χ3n) is 5.70. The van der Waals surface area contributed by atoms with Crippen molar-refractivity contribution >= 4 is 11.6 Å². The highest BCUT2D eigenvalue weighted by atomic mass is 19.1. The number of anilines is 2. The fraction of sp³-hybridized carbons (Fsp3) is 0.391. The Kier molecular flexibility index (Phi) is 6.20. The van der Waals surface area contributed by atoms with Crippen LogP contribution < -0.4 is 10.2 Å². The topological polar surface area (TPSA) is 61.3 Å². The summed E-state index contributed by atoms with van der Waals surface area (Å²) in [5.41, 5.74) is 2.16. The Balaban J connectivity index is 1.32. The van der Waals surface area contributed by atoms with Crippen molar-refractivity contribution in [3.8, 4) is 0 Å². The summed E-state index contributed by atoms with van der Waals surface area (Å²) in [4.78, 5) is 11.0. The molecule has 2 heterocycles. The van der Waals surface area contributed by atoms with E-state index < -0.39 is 6.10 Å². The molecule has 0 amide bonds. The molecule has 6 heteroatoms. The highest BCUT2D eigenvalue weighted by Crippen LogP contribution is 2.30. The second-order valence-corrected chi connectivity index (χ2v) is 7.65. The Morgan fingerprint density at radius 3 is 2.66 bits per heavy atom. The SMILES string of the molecule is OC(CNc1cc(N2CCC(c3ccc(F)cc3)CC2)ncn1)C1=CCCC=C1. The zero-order valence-electron chi connectivity index (χ0n) is 16.5. The van der Waals surface area contributed by atoms with E-state index in [2.05, 4.69) is 32.3 Å². The van der Waals surface area contributed by atoms with Crippen LogP contribution in [0, 0.1) is 5.82 Å². The number of nitrogens with zero attached hydrogens (tertiary/aromatic N) is 3. The molecule has 4 rings (SSSR count). The van der Waals surface area contributed by atoms with Crippen LogP contribution in [-0.4, -0.2) is 40.8 Å². The maximum absolute atomic E-state index is 13.1. The van der Waals surface area contributed by atoms with Gasteiger partial charge >= 0.3 is 0 Å². The maximum atomic E-state index is 13.1. The molecular weight excluding hydrogens is 367 g/mol. The number of piperidine rings is 1. The van der Waals surface area contributed by atoms with E-state index in [4.69, 9.17) is 0 Å². The van der Waals surface area contributed by atoms with Gasteiger partial charge in [0.1, 0.15) is 23.8 Å². The second kappa shape index (κ2) is 9.18. The van der Waals surface area contributed by atoms with Crippen molar-refractivity contribution in [3.63, 3.8) is 0 Å². The van der Waals surface area contributed by atoms with Crippen molar-refractivity contribution in [1.29, 1.82) is 0 Å². The molecule has 2 N–H and O–H groups in total. The van der Waals surface area contributed by atoms with Gasteiger partial charge in [0.15, 0.2) is 0 Å². The molecule has 1 unspecified atom stereocenters. The molecule has 1 aromatic heterocycles. The van der Waals surface area contributed by atoms with Gasteiger partial charge in [-0.15, -0.1) is 0 Å². The van der Waals surface area contributed by atoms with Crippen LogP contribution in [0.4, 0.5) is 16.0 Å². The molecule has 2 aliphatic rings. The first-order chi connectivity index (χ1) is 14.2. The van der Waals surface area contributed by atoms with Gasteiger partial charge in [-0.25, -0.2) is 14.4 Å². The Labute approximate surface area is 171 Å². The van der Waals surface area contributed by atoms with E-state index in [-0.39, 0.29) is 5.82 Å². The van der Waals surface area contributed by atoms with E-state index in [0.29, 0.717) is 12.5 Å². The van der Waals surface area contributed by atoms with Crippen molar-refractivity contribution < 1.29 is 9.50 Å². The first-order valence-corrected chi connectivity index (χ1v) is 10.3. The molecule has 1 atom stereocenters. The lowest BCUT2D eigenvalue weighted by Gasteiger charge is -2.33. The van der Waals surface area contributed by atoms with Gasteiger partial charge in [0.2, 0.25) is 0 Å². The van der Waals surface area contributed by atoms with Crippen LogP contribution >= 0.6 is 0 Å². The van der Waals surface area contributed by atoms with Gasteiger partial charge in [-0.05, 0) is 54.9 Å². The smallest absolute Gasteiger partial charge is 0.134 e. The van der Waals surface area contributed by atoms with E-state index in [0.717, 1.165) is 56.0 Å². The van der Waals surface area contributed by atoms with Gasteiger partial charge in [-0.1, -0.05) is 30.4 Å². The second-order valence-electron chi connectivity index (χ2n) is 7.65. The molecule has 1 saturated heterocycles. The van der Waals surface area contributed by atoms with E-state index in [1.54, 1.807) is 6.33 Å². The highest BCUT2D eigenvalue weighted by Gasteiger charge is 2.22. The minimum Gasteiger partial charge on any atom is -0.387 e. The fourth-order valence-electron chi connectivity index (χ4n) is 3.99. The number of halogens is 1. The maximum Gasteiger partial charge on any atom is 0.134 e. The van der Waals surface area contributed by atoms with Gasteiger partial charge in [0.05, 0.1) is 6.10 Å². The van der Waals surface area contributed by atoms with Crippen molar-refractivity contribution in [2.24, 2.45) is 0 Å². The van der Waals surface area contributed by atoms with Gasteiger partial charge < -0.3 is 15.3 Å². The van der Waals surface area contributed by atoms with E-state index in [1.807, 2.05) is 24.3 Å². The first-order valence-electron chi connectivity index (χ1n) is 10.3. The molecule has 0 radical (unpaired) electrons. The Morgan fingerprint density at radius 2 is 1.93 bits per heavy atom. The molecule has 0 saturated carbocycles. The lowest BCUT2D eigenvalue weighted by atomic mass is 9.89. The molecule has 1 fully saturated rings. The van der Waals surface area contributed by atoms with Gasteiger partial charge in [0.25, 0.3) is 0 Å². The fourth-order valence-corrected chi connectivity index (χ4v) is 3.99. The molecule has 1 aliphatic heterocycles. The third-order valence-corrected chi connectivity index (χ3v) is 5.70. The molecule has 1 aromatic carbocycles. The predicted octanol–water partition coefficient (Wildman–Crippen LogP) is 4.05. The number of hydrogen-bond donors (Lipinski definition) is 2. The lowest BCUT2D eigenvalue weighted by Crippen LogP contribution is -2.33. The number of nitrogens with one attached hydrogen (secondary N) is 1. The Hall–Kier alpha value is -2.73. The van der Waals surface area contributed by atoms with Crippen LogP contribution in [0.15, 0.2) is 60.5 Å². The molecule has 1 aliphatic carbocycles. The van der Waals surface area contributed by atoms with Crippen molar-refractivity contribution in [2.75, 3.05) is 29.9 Å². The minimum atomic E-state index is -0.545. The van der Waals surface area contributed by atoms with Crippen molar-refractivity contribution in [1.82, 2.24) is 9.97 Å². The normalized spacial score (nSPS) is 18.4. The zero-order chi connectivity index (χ0) is 20.1. The number of allylic oxidation sites excluding steroid dienone is 2. The first kappa shape index (κ1) is 19.6. The van der Waals surface area contributed by atoms with E-state index in [1.165, 1.54) is 17.7 Å². The summed E-state index contributed by atoms with van der Waals surface area (Å²) in [5, 5.41) is 13.6. The minimum absolute atomic E-state index is 0.187. The number of benzene rings is 1. The van der Waals surface area contributed by atoms with E-state index in [9.17, 15) is 9.50 Å². The quantitative estimate of drug-likeness (QED) is 0.774. The summed E-state index contributed by atoms with van der Waals surface area (Å²) >= 11 is 0. The third kappa shape index (κ3) is 5.01. The molecule has 0 spiro atoms. The van der Waals surface area contributed by atoms with Gasteiger partial charge in [-0.2, -0.15) is 0 Å². The summed E-state index contributed by atoms with van der Waals surface area (Å²) in [5.74, 6) is 1.88. The summed E-state index contributed by atoms with van der Waals surface area (Å²) in [7, 11) is 0. The summed E-state index contributed by atoms with van der Waals surface area (Å²) in [6.45, 7) is 2.22. The summed E-state index contributed by atoms with van der Waals surface area (Å²) in [6, 6.07) is 8.81. The monoisotopic (exact) mass is 394 g/mol. The highest BCUT2D eigenvalue weighted by molar-refractivity contribution is 5.49. The standard InChI is InChI=1S/C23H27FN4O/c24-20-8-6-17(7-9-20)18-10-12-28(13-11-18)23-14-22(26-16-27-23)25-15-21(29)19-4-2-1-3-5-19/h2,4-9,14,16,18,21,29H,1,3,10-13,15H2,(H,25,26,27). The summed E-state index contributed by atoms with van der Waals surface area (Å²) in [6.07, 6.45) is 11.2. The number of aliphatic hydroxyl groups is 1. The predicted molar refractivity (Wildman–Crippen MR) is 114 cm³/mol. The van der Waals surface area contributed by atoms with Crippen LogP contribution in [0.1, 0.15) is 37.2 Å². The summed E-state index contributed by atoms with van der Waals surface area (Å²) < 4.78 is 13.1. The average molecular weight is 394 g/mol. The van der Waals surface area contributed by atoms with Crippen LogP contribution in [0.2, 0.25) is 0 Å². The van der Waals surface area contributed by atoms with Crippen molar-refractivity contribution in [3.05, 3.63) is 71.8 Å². The molecule has 2 aromatic rings. The van der Waals surface area contributed by atoms with Gasteiger partial charge in [0, 0.05) is 25.7 Å². The molecule has 29 heavy (non-hydrogen) atoms. The number of rotatable bonds is 6. The van der Waals surface area contributed by atoms with Gasteiger partial charge in [-0.3, -0.25) is 0 Å². The van der Waals surface area contributed by atoms with Crippen LogP contribution in [0.25, 0.3) is 0 Å². The molecule has 0 bridgehead atoms. The largest absolute Gasteiger partial charge is 0.387 e. The van der Waals surface area contributed by atoms with Crippen molar-refractivity contribution in [2.45, 2.75) is 37.7 Å².